The Morgan fingerprint density at radius 3 is 2.29 bits per heavy atom. The molecule has 0 fully saturated rings. The molecule has 0 aromatic heterocycles. The van der Waals surface area contributed by atoms with E-state index in [0.717, 1.165) is 16.8 Å². The number of benzene rings is 1. The maximum Gasteiger partial charge on any atom is 0.115 e. The van der Waals surface area contributed by atoms with Crippen LogP contribution in [-0.2, 0) is 0 Å². The quantitative estimate of drug-likeness (QED) is 0.473. The Balaban J connectivity index is 0.00000144. The number of anilines is 1. The van der Waals surface area contributed by atoms with Crippen LogP contribution in [0.3, 0.4) is 0 Å². The highest BCUT2D eigenvalue weighted by Crippen LogP contribution is 2.35. The van der Waals surface area contributed by atoms with Crippen LogP contribution < -0.4 is 11.5 Å². The van der Waals surface area contributed by atoms with Crippen LogP contribution in [0.4, 0.5) is 5.69 Å². The minimum absolute atomic E-state index is 0. The first-order valence-corrected chi connectivity index (χ1v) is 5.65. The summed E-state index contributed by atoms with van der Waals surface area (Å²) in [5.74, 6) is 0. The van der Waals surface area contributed by atoms with Gasteiger partial charge in [-0.25, -0.2) is 0 Å². The molecule has 2 nitrogen and oxygen atoms in total. The Hall–Kier alpha value is -0.670. The van der Waals surface area contributed by atoms with E-state index in [0.29, 0.717) is 11.5 Å². The van der Waals surface area contributed by atoms with Crippen molar-refractivity contribution in [1.82, 2.24) is 0 Å². The molecule has 0 saturated carbocycles. The topological polar surface area (TPSA) is 52.0 Å². The molecule has 1 aromatic rings. The van der Waals surface area contributed by atoms with Gasteiger partial charge in [-0.05, 0) is 29.3 Å². The normalized spacial score (nSPS) is 23.5. The first kappa shape index (κ1) is 14.4. The van der Waals surface area contributed by atoms with Crippen LogP contribution in [-0.4, -0.2) is 5.00 Å². The van der Waals surface area contributed by atoms with Crippen molar-refractivity contribution in [2.24, 2.45) is 5.73 Å². The number of rotatable bonds is 1. The van der Waals surface area contributed by atoms with Crippen LogP contribution in [0, 0.1) is 0 Å². The molecule has 1 aliphatic carbocycles. The Bertz CT molecular complexity index is 461. The smallest absolute Gasteiger partial charge is 0.115 e. The number of nitrogen functional groups attached to an aromatic ring is 1. The van der Waals surface area contributed by atoms with Gasteiger partial charge in [0.25, 0.3) is 0 Å². The molecule has 0 bridgehead atoms. The van der Waals surface area contributed by atoms with Gasteiger partial charge in [0.05, 0.1) is 0 Å². The van der Waals surface area contributed by atoms with E-state index in [9.17, 15) is 0 Å². The van der Waals surface area contributed by atoms with Gasteiger partial charge in [-0.1, -0.05) is 41.4 Å². The molecular weight excluding hydrogens is 279 g/mol. The van der Waals surface area contributed by atoms with Crippen molar-refractivity contribution in [2.45, 2.75) is 11.4 Å². The summed E-state index contributed by atoms with van der Waals surface area (Å²) in [7, 11) is 0. The fourth-order valence-electron chi connectivity index (χ4n) is 1.62. The summed E-state index contributed by atoms with van der Waals surface area (Å²) >= 11 is 12.2. The number of alkyl halides is 1. The molecule has 0 amide bonds. The SMILES string of the molecule is Cl.Nc1ccc(C2=C(Cl)CC(N)(Cl)C=C2)cc1. The van der Waals surface area contributed by atoms with Crippen LogP contribution in [0.5, 0.6) is 0 Å². The molecule has 2 rings (SSSR count). The second-order valence-electron chi connectivity index (χ2n) is 3.88. The van der Waals surface area contributed by atoms with Crippen molar-refractivity contribution in [3.8, 4) is 0 Å². The van der Waals surface area contributed by atoms with Gasteiger partial charge in [0, 0.05) is 17.1 Å². The van der Waals surface area contributed by atoms with Crippen molar-refractivity contribution in [1.29, 1.82) is 0 Å². The lowest BCUT2D eigenvalue weighted by Crippen LogP contribution is -2.32. The first-order chi connectivity index (χ1) is 7.48. The summed E-state index contributed by atoms with van der Waals surface area (Å²) < 4.78 is 0. The van der Waals surface area contributed by atoms with Crippen LogP contribution in [0.15, 0.2) is 41.4 Å². The largest absolute Gasteiger partial charge is 0.399 e. The minimum Gasteiger partial charge on any atom is -0.399 e. The third kappa shape index (κ3) is 3.39. The fourth-order valence-corrected chi connectivity index (χ4v) is 2.28. The van der Waals surface area contributed by atoms with Gasteiger partial charge >= 0.3 is 0 Å². The summed E-state index contributed by atoms with van der Waals surface area (Å²) in [5.41, 5.74) is 14.1. The van der Waals surface area contributed by atoms with Crippen LogP contribution >= 0.6 is 35.6 Å². The van der Waals surface area contributed by atoms with Gasteiger partial charge in [0.2, 0.25) is 0 Å². The Morgan fingerprint density at radius 1 is 1.18 bits per heavy atom. The summed E-state index contributed by atoms with van der Waals surface area (Å²) in [6.45, 7) is 0. The van der Waals surface area contributed by atoms with E-state index < -0.39 is 5.00 Å². The van der Waals surface area contributed by atoms with Gasteiger partial charge in [0.1, 0.15) is 5.00 Å². The molecule has 1 atom stereocenters. The van der Waals surface area contributed by atoms with E-state index in [1.807, 2.05) is 30.3 Å². The molecule has 4 N–H and O–H groups in total. The molecule has 17 heavy (non-hydrogen) atoms. The van der Waals surface area contributed by atoms with Gasteiger partial charge in [0.15, 0.2) is 0 Å². The Labute approximate surface area is 117 Å². The number of allylic oxidation sites excluding steroid dienone is 2. The van der Waals surface area contributed by atoms with Gasteiger partial charge in [-0.3, -0.25) is 0 Å². The van der Waals surface area contributed by atoms with E-state index in [2.05, 4.69) is 0 Å². The minimum atomic E-state index is -0.867. The molecule has 92 valence electrons. The number of hydrogen-bond donors (Lipinski definition) is 2. The molecule has 0 heterocycles. The lowest BCUT2D eigenvalue weighted by Gasteiger charge is -2.23. The lowest BCUT2D eigenvalue weighted by atomic mass is 9.97. The molecule has 0 saturated heterocycles. The summed E-state index contributed by atoms with van der Waals surface area (Å²) in [6.07, 6.45) is 4.04. The fraction of sp³-hybridized carbons (Fsp3) is 0.167. The second-order valence-corrected chi connectivity index (χ2v) is 5.04. The first-order valence-electron chi connectivity index (χ1n) is 4.89. The standard InChI is InChI=1S/C12H12Cl2N2.ClH/c13-11-7-12(14,16)6-5-10(11)8-1-3-9(15)4-2-8;/h1-6H,7,15-16H2;1H. The third-order valence-corrected chi connectivity index (χ3v) is 3.06. The maximum atomic E-state index is 6.17. The van der Waals surface area contributed by atoms with E-state index in [-0.39, 0.29) is 12.4 Å². The average molecular weight is 292 g/mol. The molecule has 1 aromatic carbocycles. The van der Waals surface area contributed by atoms with Crippen LogP contribution in [0.2, 0.25) is 0 Å². The molecule has 0 aliphatic heterocycles. The van der Waals surface area contributed by atoms with Crippen molar-refractivity contribution >= 4 is 46.9 Å². The number of nitrogens with two attached hydrogens (primary N) is 2. The molecule has 0 radical (unpaired) electrons. The predicted molar refractivity (Wildman–Crippen MR) is 77.4 cm³/mol. The molecular formula is C12H13Cl3N2. The van der Waals surface area contributed by atoms with Crippen molar-refractivity contribution < 1.29 is 0 Å². The van der Waals surface area contributed by atoms with Crippen molar-refractivity contribution in [3.63, 3.8) is 0 Å². The predicted octanol–water partition coefficient (Wildman–Crippen LogP) is 3.49. The van der Waals surface area contributed by atoms with E-state index >= 15 is 0 Å². The second kappa shape index (κ2) is 5.32. The van der Waals surface area contributed by atoms with Crippen molar-refractivity contribution in [3.05, 3.63) is 47.0 Å². The zero-order valence-electron chi connectivity index (χ0n) is 8.99. The van der Waals surface area contributed by atoms with E-state index in [4.69, 9.17) is 34.7 Å². The van der Waals surface area contributed by atoms with Crippen LogP contribution in [0.1, 0.15) is 12.0 Å². The van der Waals surface area contributed by atoms with Gasteiger partial charge in [-0.15, -0.1) is 12.4 Å². The monoisotopic (exact) mass is 290 g/mol. The molecule has 5 heteroatoms. The maximum absolute atomic E-state index is 6.17. The van der Waals surface area contributed by atoms with E-state index in [1.165, 1.54) is 0 Å². The molecule has 0 spiro atoms. The Kier molecular flexibility index (Phi) is 4.50. The highest BCUT2D eigenvalue weighted by Gasteiger charge is 2.24. The summed E-state index contributed by atoms with van der Waals surface area (Å²) in [5, 5.41) is 0.671. The number of halogens is 3. The lowest BCUT2D eigenvalue weighted by molar-refractivity contribution is 0.737. The molecule has 1 unspecified atom stereocenters. The van der Waals surface area contributed by atoms with E-state index in [1.54, 1.807) is 6.08 Å². The molecule has 1 aliphatic rings. The summed E-state index contributed by atoms with van der Waals surface area (Å²) in [6, 6.07) is 7.53. The zero-order chi connectivity index (χ0) is 11.8. The van der Waals surface area contributed by atoms with Crippen LogP contribution in [0.25, 0.3) is 5.57 Å². The number of hydrogen-bond acceptors (Lipinski definition) is 2. The average Bonchev–Trinajstić information content (AvgIpc) is 2.19. The third-order valence-electron chi connectivity index (χ3n) is 2.47. The van der Waals surface area contributed by atoms with Crippen molar-refractivity contribution in [2.75, 3.05) is 5.73 Å². The highest BCUT2D eigenvalue weighted by atomic mass is 35.5. The van der Waals surface area contributed by atoms with Gasteiger partial charge in [-0.2, -0.15) is 0 Å². The van der Waals surface area contributed by atoms with Gasteiger partial charge < -0.3 is 11.5 Å². The zero-order valence-corrected chi connectivity index (χ0v) is 11.3. The highest BCUT2D eigenvalue weighted by molar-refractivity contribution is 6.35. The summed E-state index contributed by atoms with van der Waals surface area (Å²) in [4.78, 5) is -0.867. The Morgan fingerprint density at radius 2 is 1.76 bits per heavy atom.